The molecule has 0 bridgehead atoms. The molecule has 0 atom stereocenters. The number of aromatic nitrogens is 1. The van der Waals surface area contributed by atoms with Crippen molar-refractivity contribution in [2.75, 3.05) is 0 Å². The number of aryl methyl sites for hydroxylation is 1. The van der Waals surface area contributed by atoms with E-state index in [1.807, 2.05) is 13.0 Å². The predicted octanol–water partition coefficient (Wildman–Crippen LogP) is 0.267. The van der Waals surface area contributed by atoms with Crippen molar-refractivity contribution in [2.45, 2.75) is 6.92 Å². The Bertz CT molecular complexity index is 231. The van der Waals surface area contributed by atoms with E-state index in [1.165, 1.54) is 11.5 Å². The van der Waals surface area contributed by atoms with E-state index >= 15 is 0 Å². The molecule has 4 heteroatoms. The van der Waals surface area contributed by atoms with Gasteiger partial charge in [0.2, 0.25) is 0 Å². The van der Waals surface area contributed by atoms with Crippen molar-refractivity contribution < 1.29 is 0 Å². The van der Waals surface area contributed by atoms with Gasteiger partial charge >= 0.3 is 60.2 Å². The van der Waals surface area contributed by atoms with Crippen LogP contribution in [0.5, 0.6) is 0 Å². The topological polar surface area (TPSA) is 12.9 Å². The van der Waals surface area contributed by atoms with Crippen LogP contribution < -0.4 is 0 Å². The van der Waals surface area contributed by atoms with Gasteiger partial charge < -0.3 is 0 Å². The van der Waals surface area contributed by atoms with Crippen molar-refractivity contribution in [1.82, 2.24) is 4.37 Å². The molecule has 9 heavy (non-hydrogen) atoms. The first-order valence-corrected chi connectivity index (χ1v) is 3.29. The fraction of sp³-hybridized carbons (Fsp3) is 0.200. The van der Waals surface area contributed by atoms with Crippen molar-refractivity contribution in [3.63, 3.8) is 0 Å². The summed E-state index contributed by atoms with van der Waals surface area (Å²) >= 11 is 1.40. The molecule has 0 amide bonds. The molecule has 3 radical (unpaired) electrons. The number of nitrogens with zero attached hydrogens (tertiary/aromatic N) is 1. The number of rotatable bonds is 1. The molecule has 0 saturated heterocycles. The third-order valence-electron chi connectivity index (χ3n) is 0.924. The van der Waals surface area contributed by atoms with E-state index < -0.39 is 0 Å². The zero-order valence-corrected chi connectivity index (χ0v) is 5.90. The molecule has 1 rings (SSSR count). The molecule has 0 spiro atoms. The Kier molecular flexibility index (Phi) is 1.86. The maximum absolute atomic E-state index is 5.27. The summed E-state index contributed by atoms with van der Waals surface area (Å²) in [5.74, 6) is 0. The molecule has 0 aliphatic rings. The predicted molar refractivity (Wildman–Crippen MR) is 42.5 cm³/mol. The second kappa shape index (κ2) is 2.48. The first kappa shape index (κ1) is 6.75. The molecule has 0 N–H and O–H groups in total. The Hall–Kier alpha value is -0.370. The fourth-order valence-electron chi connectivity index (χ4n) is 0.502. The van der Waals surface area contributed by atoms with Gasteiger partial charge in [0.15, 0.2) is 0 Å². The first-order chi connectivity index (χ1) is 4.20. The van der Waals surface area contributed by atoms with Crippen molar-refractivity contribution in [3.8, 4) is 0 Å². The number of hydrogen-bond donors (Lipinski definition) is 0. The van der Waals surface area contributed by atoms with Crippen LogP contribution in [0.1, 0.15) is 10.6 Å². The zero-order valence-electron chi connectivity index (χ0n) is 5.09. The summed E-state index contributed by atoms with van der Waals surface area (Å²) in [7, 11) is 10.5. The summed E-state index contributed by atoms with van der Waals surface area (Å²) in [4.78, 5) is 1.12. The van der Waals surface area contributed by atoms with Gasteiger partial charge in [-0.2, -0.15) is 0 Å². The molecular weight excluding hydrogens is 128 g/mol. The van der Waals surface area contributed by atoms with E-state index in [0.717, 1.165) is 4.88 Å². The van der Waals surface area contributed by atoms with Crippen molar-refractivity contribution in [2.24, 2.45) is 0 Å². The van der Waals surface area contributed by atoms with E-state index in [2.05, 4.69) is 4.37 Å². The molecule has 1 heterocycles. The van der Waals surface area contributed by atoms with Crippen LogP contribution in [0, 0.1) is 6.92 Å². The Morgan fingerprint density at radius 2 is 2.44 bits per heavy atom. The summed E-state index contributed by atoms with van der Waals surface area (Å²) in [6, 6.07) is 1.86. The summed E-state index contributed by atoms with van der Waals surface area (Å²) in [5, 5.41) is 0.291. The second-order valence-corrected chi connectivity index (χ2v) is 2.79. The van der Waals surface area contributed by atoms with Crippen molar-refractivity contribution in [3.05, 3.63) is 16.6 Å². The van der Waals surface area contributed by atoms with E-state index in [1.54, 1.807) is 0 Å². The van der Waals surface area contributed by atoms with Gasteiger partial charge in [-0.25, -0.2) is 0 Å². The van der Waals surface area contributed by atoms with Crippen LogP contribution in [0.15, 0.2) is 6.07 Å². The summed E-state index contributed by atoms with van der Waals surface area (Å²) < 4.78 is 3.97. The molecular formula is C5H4B2NS. The molecule has 0 fully saturated rings. The van der Waals surface area contributed by atoms with Crippen LogP contribution in [0.4, 0.5) is 0 Å². The van der Waals surface area contributed by atoms with Crippen LogP contribution in [0.2, 0.25) is 0 Å². The van der Waals surface area contributed by atoms with Gasteiger partial charge in [0.1, 0.15) is 0 Å². The molecule has 41 valence electrons. The Balaban J connectivity index is 2.98. The molecule has 1 aromatic heterocycles. The summed E-state index contributed by atoms with van der Waals surface area (Å²) in [6.45, 7) is 1.96. The zero-order chi connectivity index (χ0) is 6.85. The van der Waals surface area contributed by atoms with E-state index in [9.17, 15) is 0 Å². The van der Waals surface area contributed by atoms with Gasteiger partial charge in [0.25, 0.3) is 0 Å². The van der Waals surface area contributed by atoms with E-state index in [4.69, 9.17) is 15.3 Å². The van der Waals surface area contributed by atoms with Gasteiger partial charge in [0, 0.05) is 0 Å². The van der Waals surface area contributed by atoms with Gasteiger partial charge in [-0.15, -0.1) is 0 Å². The third kappa shape index (κ3) is 1.52. The molecule has 1 nitrogen and oxygen atoms in total. The molecule has 0 saturated carbocycles. The average molecular weight is 132 g/mol. The molecule has 0 aromatic carbocycles. The SMILES string of the molecule is [B]C(=[B])c1cc(C)sn1. The first-order valence-electron chi connectivity index (χ1n) is 2.52. The fourth-order valence-corrected chi connectivity index (χ4v) is 1.07. The molecule has 0 unspecified atom stereocenters. The molecule has 0 aliphatic heterocycles. The molecule has 1 aromatic rings. The van der Waals surface area contributed by atoms with Crippen LogP contribution in [0.3, 0.4) is 0 Å². The van der Waals surface area contributed by atoms with Crippen LogP contribution in [-0.4, -0.2) is 25.1 Å². The van der Waals surface area contributed by atoms with Crippen molar-refractivity contribution in [1.29, 1.82) is 0 Å². The molecule has 0 aliphatic carbocycles. The second-order valence-electron chi connectivity index (χ2n) is 1.78. The Labute approximate surface area is 60.8 Å². The Morgan fingerprint density at radius 3 is 2.67 bits per heavy atom. The van der Waals surface area contributed by atoms with E-state index in [-0.39, 0.29) is 0 Å². The minimum atomic E-state index is 0.291. The normalized spacial score (nSPS) is 9.33. The third-order valence-corrected chi connectivity index (χ3v) is 1.62. The van der Waals surface area contributed by atoms with Crippen LogP contribution in [0.25, 0.3) is 0 Å². The van der Waals surface area contributed by atoms with Gasteiger partial charge in [-0.05, 0) is 0 Å². The van der Waals surface area contributed by atoms with E-state index in [0.29, 0.717) is 11.1 Å². The number of hydrogen-bond acceptors (Lipinski definition) is 2. The minimum absolute atomic E-state index is 0.291. The quantitative estimate of drug-likeness (QED) is 0.499. The van der Waals surface area contributed by atoms with Gasteiger partial charge in [-0.3, -0.25) is 0 Å². The van der Waals surface area contributed by atoms with Gasteiger partial charge in [0.05, 0.1) is 0 Å². The summed E-state index contributed by atoms with van der Waals surface area (Å²) in [6.07, 6.45) is 0. The monoisotopic (exact) mass is 132 g/mol. The van der Waals surface area contributed by atoms with Crippen LogP contribution in [-0.2, 0) is 0 Å². The Morgan fingerprint density at radius 1 is 1.78 bits per heavy atom. The van der Waals surface area contributed by atoms with Crippen LogP contribution >= 0.6 is 11.5 Å². The maximum atomic E-state index is 5.27. The summed E-state index contributed by atoms with van der Waals surface area (Å²) in [5.41, 5.74) is 0.692. The van der Waals surface area contributed by atoms with Gasteiger partial charge in [-0.1, -0.05) is 0 Å². The standard InChI is InChI=1S/C5H4B2NS/c1-3-2-4(5(6)7)8-9-3/h2H,1H3. The average Bonchev–Trinajstić information content (AvgIpc) is 2.14. The van der Waals surface area contributed by atoms with Crippen molar-refractivity contribution >= 4 is 32.2 Å².